The number of nitrogens with one attached hydrogen (secondary N) is 2. The minimum Gasteiger partial charge on any atom is -0.469 e. The largest absolute Gasteiger partial charge is 0.469 e. The Bertz CT molecular complexity index is 735. The molecule has 160 valence electrons. The number of amides is 1. The third-order valence-electron chi connectivity index (χ3n) is 5.11. The van der Waals surface area contributed by atoms with Crippen LogP contribution in [0.25, 0.3) is 0 Å². The molecule has 2 rings (SSSR count). The summed E-state index contributed by atoms with van der Waals surface area (Å²) in [5.41, 5.74) is 1.63. The Balaban J connectivity index is 1.93. The number of ether oxygens (including phenoxy) is 1. The van der Waals surface area contributed by atoms with Crippen LogP contribution < -0.4 is 10.6 Å². The second-order valence-corrected chi connectivity index (χ2v) is 7.67. The fourth-order valence-corrected chi connectivity index (χ4v) is 3.43. The number of guanidine groups is 1. The van der Waals surface area contributed by atoms with Gasteiger partial charge in [-0.1, -0.05) is 19.1 Å². The van der Waals surface area contributed by atoms with Crippen molar-refractivity contribution in [1.29, 1.82) is 0 Å². The number of methoxy groups -OCH3 is 1. The molecule has 1 heterocycles. The molecule has 0 radical (unpaired) electrons. The normalized spacial score (nSPS) is 19.4. The summed E-state index contributed by atoms with van der Waals surface area (Å²) in [7, 11) is 7.10. The Morgan fingerprint density at radius 3 is 2.69 bits per heavy atom. The van der Waals surface area contributed by atoms with Gasteiger partial charge in [0, 0.05) is 45.3 Å². The summed E-state index contributed by atoms with van der Waals surface area (Å²) in [6, 6.07) is 7.55. The van der Waals surface area contributed by atoms with E-state index in [1.807, 2.05) is 50.2 Å². The number of carbonyl (C=O) groups is 2. The molecule has 2 atom stereocenters. The van der Waals surface area contributed by atoms with Crippen LogP contribution in [0, 0.1) is 11.8 Å². The van der Waals surface area contributed by atoms with E-state index in [0.29, 0.717) is 25.2 Å². The molecule has 2 N–H and O–H groups in total. The lowest BCUT2D eigenvalue weighted by molar-refractivity contribution is -0.145. The van der Waals surface area contributed by atoms with Crippen molar-refractivity contribution in [2.75, 3.05) is 54.4 Å². The summed E-state index contributed by atoms with van der Waals surface area (Å²) in [4.78, 5) is 32.7. The van der Waals surface area contributed by atoms with Gasteiger partial charge in [-0.2, -0.15) is 0 Å². The third kappa shape index (κ3) is 6.45. The summed E-state index contributed by atoms with van der Waals surface area (Å²) < 4.78 is 4.91. The Kier molecular flexibility index (Phi) is 8.45. The highest BCUT2D eigenvalue weighted by molar-refractivity contribution is 5.94. The van der Waals surface area contributed by atoms with Crippen molar-refractivity contribution in [2.24, 2.45) is 16.8 Å². The number of likely N-dealkylation sites (tertiary alicyclic amines) is 1. The maximum Gasteiger partial charge on any atom is 0.310 e. The first-order valence-electron chi connectivity index (χ1n) is 9.91. The van der Waals surface area contributed by atoms with Crippen molar-refractivity contribution >= 4 is 17.8 Å². The van der Waals surface area contributed by atoms with E-state index in [9.17, 15) is 9.59 Å². The molecular formula is C21H33N5O3. The number of rotatable bonds is 7. The fourth-order valence-electron chi connectivity index (χ4n) is 3.43. The fraction of sp³-hybridized carbons (Fsp3) is 0.571. The van der Waals surface area contributed by atoms with Crippen molar-refractivity contribution in [3.8, 4) is 0 Å². The molecule has 29 heavy (non-hydrogen) atoms. The third-order valence-corrected chi connectivity index (χ3v) is 5.11. The van der Waals surface area contributed by atoms with E-state index in [0.717, 1.165) is 24.6 Å². The summed E-state index contributed by atoms with van der Waals surface area (Å²) in [5.74, 6) is 0.544. The van der Waals surface area contributed by atoms with E-state index >= 15 is 0 Å². The number of benzene rings is 1. The lowest BCUT2D eigenvalue weighted by Gasteiger charge is -2.21. The van der Waals surface area contributed by atoms with Crippen LogP contribution in [0.3, 0.4) is 0 Å². The Morgan fingerprint density at radius 2 is 2.03 bits per heavy atom. The van der Waals surface area contributed by atoms with Gasteiger partial charge in [-0.25, -0.2) is 0 Å². The molecule has 0 saturated carbocycles. The molecule has 1 aliphatic heterocycles. The first-order valence-corrected chi connectivity index (χ1v) is 9.91. The lowest BCUT2D eigenvalue weighted by atomic mass is 9.99. The predicted octanol–water partition coefficient (Wildman–Crippen LogP) is 0.794. The summed E-state index contributed by atoms with van der Waals surface area (Å²) in [5, 5.41) is 6.26. The van der Waals surface area contributed by atoms with Crippen LogP contribution in [0.4, 0.5) is 0 Å². The summed E-state index contributed by atoms with van der Waals surface area (Å²) in [6.07, 6.45) is 0. The average Bonchev–Trinajstić information content (AvgIpc) is 3.09. The zero-order valence-corrected chi connectivity index (χ0v) is 18.1. The molecule has 1 saturated heterocycles. The minimum absolute atomic E-state index is 0.0765. The van der Waals surface area contributed by atoms with Gasteiger partial charge in [0.2, 0.25) is 0 Å². The highest BCUT2D eigenvalue weighted by atomic mass is 16.5. The second-order valence-electron chi connectivity index (χ2n) is 7.67. The Labute approximate surface area is 173 Å². The quantitative estimate of drug-likeness (QED) is 0.398. The molecule has 1 amide bonds. The molecule has 1 aromatic carbocycles. The Morgan fingerprint density at radius 1 is 1.28 bits per heavy atom. The molecule has 0 aromatic heterocycles. The smallest absolute Gasteiger partial charge is 0.310 e. The van der Waals surface area contributed by atoms with E-state index in [1.165, 1.54) is 7.11 Å². The van der Waals surface area contributed by atoms with E-state index in [4.69, 9.17) is 4.74 Å². The van der Waals surface area contributed by atoms with Crippen molar-refractivity contribution in [3.63, 3.8) is 0 Å². The van der Waals surface area contributed by atoms with Crippen LogP contribution in [0.5, 0.6) is 0 Å². The monoisotopic (exact) mass is 403 g/mol. The SMILES string of the molecule is CN=C(NCc1cccc(C(=O)NCCN(C)C)c1)N1CC(C)C(C(=O)OC)C1. The number of esters is 1. The van der Waals surface area contributed by atoms with Gasteiger partial charge in [0.05, 0.1) is 13.0 Å². The second kappa shape index (κ2) is 10.8. The van der Waals surface area contributed by atoms with Gasteiger partial charge in [0.15, 0.2) is 5.96 Å². The average molecular weight is 404 g/mol. The molecule has 1 aliphatic rings. The van der Waals surface area contributed by atoms with Crippen LogP contribution in [0.15, 0.2) is 29.3 Å². The molecule has 0 bridgehead atoms. The highest BCUT2D eigenvalue weighted by Gasteiger charge is 2.36. The first-order chi connectivity index (χ1) is 13.8. The van der Waals surface area contributed by atoms with E-state index in [1.54, 1.807) is 7.05 Å². The van der Waals surface area contributed by atoms with Gasteiger partial charge in [-0.3, -0.25) is 14.6 Å². The molecular weight excluding hydrogens is 370 g/mol. The van der Waals surface area contributed by atoms with Crippen LogP contribution in [-0.4, -0.2) is 82.1 Å². The Hall–Kier alpha value is -2.61. The number of hydrogen-bond acceptors (Lipinski definition) is 5. The van der Waals surface area contributed by atoms with Gasteiger partial charge in [-0.05, 0) is 37.7 Å². The van der Waals surface area contributed by atoms with Gasteiger partial charge in [-0.15, -0.1) is 0 Å². The van der Waals surface area contributed by atoms with Crippen molar-refractivity contribution < 1.29 is 14.3 Å². The molecule has 1 aromatic rings. The number of aliphatic imine (C=N–C) groups is 1. The minimum atomic E-state index is -0.177. The van der Waals surface area contributed by atoms with Crippen LogP contribution in [-0.2, 0) is 16.1 Å². The molecule has 1 fully saturated rings. The van der Waals surface area contributed by atoms with Gasteiger partial charge in [0.1, 0.15) is 0 Å². The van der Waals surface area contributed by atoms with E-state index in [-0.39, 0.29) is 23.7 Å². The van der Waals surface area contributed by atoms with E-state index < -0.39 is 0 Å². The van der Waals surface area contributed by atoms with Crippen molar-refractivity contribution in [3.05, 3.63) is 35.4 Å². The van der Waals surface area contributed by atoms with Crippen LogP contribution in [0.2, 0.25) is 0 Å². The number of carbonyl (C=O) groups excluding carboxylic acids is 2. The number of nitrogens with zero attached hydrogens (tertiary/aromatic N) is 3. The molecule has 0 spiro atoms. The summed E-state index contributed by atoms with van der Waals surface area (Å²) >= 11 is 0. The van der Waals surface area contributed by atoms with Gasteiger partial charge >= 0.3 is 5.97 Å². The predicted molar refractivity (Wildman–Crippen MR) is 114 cm³/mol. The molecule has 8 heteroatoms. The summed E-state index contributed by atoms with van der Waals surface area (Å²) in [6.45, 7) is 5.32. The molecule has 0 aliphatic carbocycles. The molecule has 2 unspecified atom stereocenters. The standard InChI is InChI=1S/C21H33N5O3/c1-15-13-26(14-18(15)20(28)29-5)21(22-2)24-12-16-7-6-8-17(11-16)19(27)23-9-10-25(3)4/h6-8,11,15,18H,9-10,12-14H2,1-5H3,(H,22,24)(H,23,27). The zero-order chi connectivity index (χ0) is 21.4. The first kappa shape index (κ1) is 22.7. The maximum atomic E-state index is 12.3. The highest BCUT2D eigenvalue weighted by Crippen LogP contribution is 2.24. The number of hydrogen-bond donors (Lipinski definition) is 2. The van der Waals surface area contributed by atoms with E-state index in [2.05, 4.69) is 20.5 Å². The van der Waals surface area contributed by atoms with Crippen molar-refractivity contribution in [1.82, 2.24) is 20.4 Å². The van der Waals surface area contributed by atoms with Crippen molar-refractivity contribution in [2.45, 2.75) is 13.5 Å². The van der Waals surface area contributed by atoms with Crippen LogP contribution >= 0.6 is 0 Å². The topological polar surface area (TPSA) is 86.3 Å². The molecule has 8 nitrogen and oxygen atoms in total. The zero-order valence-electron chi connectivity index (χ0n) is 18.1. The van der Waals surface area contributed by atoms with Gasteiger partial charge < -0.3 is 25.2 Å². The van der Waals surface area contributed by atoms with Gasteiger partial charge in [0.25, 0.3) is 5.91 Å². The maximum absolute atomic E-state index is 12.3. The number of likely N-dealkylation sites (N-methyl/N-ethyl adjacent to an activating group) is 1. The van der Waals surface area contributed by atoms with Crippen LogP contribution in [0.1, 0.15) is 22.8 Å². The lowest BCUT2D eigenvalue weighted by Crippen LogP contribution is -2.40.